The Kier molecular flexibility index (Phi) is 5.02. The van der Waals surface area contributed by atoms with Crippen LogP contribution in [0.1, 0.15) is 42.8 Å². The lowest BCUT2D eigenvalue weighted by atomic mass is 9.96. The first-order valence-corrected chi connectivity index (χ1v) is 9.25. The van der Waals surface area contributed by atoms with Gasteiger partial charge in [0.15, 0.2) is 5.82 Å². The molecule has 6 nitrogen and oxygen atoms in total. The quantitative estimate of drug-likeness (QED) is 0.709. The highest BCUT2D eigenvalue weighted by atomic mass is 15.5. The van der Waals surface area contributed by atoms with Crippen LogP contribution in [0.3, 0.4) is 0 Å². The molecule has 0 spiro atoms. The number of tetrazole rings is 1. The van der Waals surface area contributed by atoms with Gasteiger partial charge in [0.2, 0.25) is 0 Å². The second-order valence-electron chi connectivity index (χ2n) is 7.11. The van der Waals surface area contributed by atoms with E-state index in [1.54, 1.807) is 0 Å². The summed E-state index contributed by atoms with van der Waals surface area (Å²) < 4.78 is 1.92. The van der Waals surface area contributed by atoms with E-state index in [1.807, 2.05) is 41.3 Å². The van der Waals surface area contributed by atoms with E-state index in [-0.39, 0.29) is 6.04 Å². The Balaban J connectivity index is 1.69. The highest BCUT2D eigenvalue weighted by Gasteiger charge is 2.30. The average Bonchev–Trinajstić information content (AvgIpc) is 3.11. The molecule has 26 heavy (non-hydrogen) atoms. The van der Waals surface area contributed by atoms with Crippen LogP contribution < -0.4 is 0 Å². The van der Waals surface area contributed by atoms with Crippen LogP contribution in [0.25, 0.3) is 0 Å². The number of pyridine rings is 1. The Bertz CT molecular complexity index is 817. The van der Waals surface area contributed by atoms with Crippen molar-refractivity contribution in [3.63, 3.8) is 0 Å². The third-order valence-electron chi connectivity index (χ3n) is 5.03. The fourth-order valence-electron chi connectivity index (χ4n) is 3.80. The minimum absolute atomic E-state index is 0.0326. The largest absolute Gasteiger partial charge is 0.289 e. The summed E-state index contributed by atoms with van der Waals surface area (Å²) in [5.41, 5.74) is 2.34. The molecule has 0 bridgehead atoms. The molecule has 3 aromatic rings. The zero-order chi connectivity index (χ0) is 17.8. The topological polar surface area (TPSA) is 59.7 Å². The number of hydrogen-bond donors (Lipinski definition) is 0. The van der Waals surface area contributed by atoms with Crippen LogP contribution in [0.2, 0.25) is 0 Å². The van der Waals surface area contributed by atoms with Crippen LogP contribution >= 0.6 is 0 Å². The number of nitrogens with zero attached hydrogens (tertiary/aromatic N) is 6. The molecule has 1 fully saturated rings. The number of aromatic nitrogens is 5. The Labute approximate surface area is 153 Å². The smallest absolute Gasteiger partial charge is 0.173 e. The molecule has 1 aromatic carbocycles. The van der Waals surface area contributed by atoms with Gasteiger partial charge >= 0.3 is 0 Å². The Morgan fingerprint density at radius 3 is 2.81 bits per heavy atom. The summed E-state index contributed by atoms with van der Waals surface area (Å²) in [4.78, 5) is 6.84. The van der Waals surface area contributed by atoms with Crippen molar-refractivity contribution >= 4 is 0 Å². The first-order valence-electron chi connectivity index (χ1n) is 9.25. The first-order chi connectivity index (χ1) is 12.8. The standard InChI is InChI=1S/C20H24N6/c1-16-7-6-12-25(14-16)19(18-10-5-11-21-13-18)20-22-23-24-26(20)15-17-8-3-2-4-9-17/h2-5,8-11,13,16,19H,6-7,12,14-15H2,1H3/t16-,19-/m1/s1. The Hall–Kier alpha value is -2.60. The molecule has 0 unspecified atom stereocenters. The summed E-state index contributed by atoms with van der Waals surface area (Å²) in [6, 6.07) is 14.5. The van der Waals surface area contributed by atoms with E-state index in [4.69, 9.17) is 0 Å². The number of benzene rings is 1. The number of rotatable bonds is 5. The lowest BCUT2D eigenvalue weighted by Gasteiger charge is -2.36. The lowest BCUT2D eigenvalue weighted by molar-refractivity contribution is 0.142. The highest BCUT2D eigenvalue weighted by molar-refractivity contribution is 5.23. The zero-order valence-corrected chi connectivity index (χ0v) is 15.1. The minimum atomic E-state index is 0.0326. The van der Waals surface area contributed by atoms with Crippen molar-refractivity contribution in [2.45, 2.75) is 32.4 Å². The normalized spacial score (nSPS) is 19.3. The molecule has 2 atom stereocenters. The van der Waals surface area contributed by atoms with Gasteiger partial charge in [0.05, 0.1) is 12.6 Å². The average molecular weight is 348 g/mol. The summed E-state index contributed by atoms with van der Waals surface area (Å²) in [6.07, 6.45) is 6.24. The van der Waals surface area contributed by atoms with Crippen molar-refractivity contribution < 1.29 is 0 Å². The Morgan fingerprint density at radius 1 is 1.15 bits per heavy atom. The molecule has 1 aliphatic heterocycles. The summed E-state index contributed by atoms with van der Waals surface area (Å²) in [5.74, 6) is 1.57. The second-order valence-corrected chi connectivity index (χ2v) is 7.11. The number of likely N-dealkylation sites (tertiary alicyclic amines) is 1. The van der Waals surface area contributed by atoms with Gasteiger partial charge in [-0.25, -0.2) is 4.68 Å². The number of hydrogen-bond acceptors (Lipinski definition) is 5. The summed E-state index contributed by atoms with van der Waals surface area (Å²) in [5, 5.41) is 12.7. The highest BCUT2D eigenvalue weighted by Crippen LogP contribution is 2.31. The van der Waals surface area contributed by atoms with Gasteiger partial charge in [-0.15, -0.1) is 5.10 Å². The maximum absolute atomic E-state index is 4.42. The molecule has 0 N–H and O–H groups in total. The van der Waals surface area contributed by atoms with E-state index in [0.29, 0.717) is 12.5 Å². The van der Waals surface area contributed by atoms with E-state index < -0.39 is 0 Å². The van der Waals surface area contributed by atoms with Crippen LogP contribution in [-0.4, -0.2) is 43.2 Å². The first kappa shape index (κ1) is 16.8. The van der Waals surface area contributed by atoms with Crippen LogP contribution in [0, 0.1) is 5.92 Å². The van der Waals surface area contributed by atoms with Gasteiger partial charge in [-0.05, 0) is 52.9 Å². The molecular formula is C20H24N6. The van der Waals surface area contributed by atoms with E-state index in [0.717, 1.165) is 24.5 Å². The molecule has 0 aliphatic carbocycles. The fourth-order valence-corrected chi connectivity index (χ4v) is 3.80. The zero-order valence-electron chi connectivity index (χ0n) is 15.1. The Morgan fingerprint density at radius 2 is 2.04 bits per heavy atom. The van der Waals surface area contributed by atoms with Gasteiger partial charge < -0.3 is 0 Å². The van der Waals surface area contributed by atoms with E-state index in [2.05, 4.69) is 50.5 Å². The van der Waals surface area contributed by atoms with Gasteiger partial charge in [0.25, 0.3) is 0 Å². The molecule has 6 heteroatoms. The monoisotopic (exact) mass is 348 g/mol. The van der Waals surface area contributed by atoms with Crippen molar-refractivity contribution in [1.82, 2.24) is 30.1 Å². The maximum atomic E-state index is 4.42. The molecule has 4 rings (SSSR count). The van der Waals surface area contributed by atoms with E-state index in [1.165, 1.54) is 18.4 Å². The fraction of sp³-hybridized carbons (Fsp3) is 0.400. The van der Waals surface area contributed by atoms with Crippen LogP contribution in [0.5, 0.6) is 0 Å². The molecule has 0 saturated carbocycles. The van der Waals surface area contributed by atoms with E-state index in [9.17, 15) is 0 Å². The predicted octanol–water partition coefficient (Wildman–Crippen LogP) is 2.94. The molecule has 2 aromatic heterocycles. The van der Waals surface area contributed by atoms with Gasteiger partial charge in [-0.2, -0.15) is 0 Å². The second kappa shape index (κ2) is 7.74. The minimum Gasteiger partial charge on any atom is -0.289 e. The van der Waals surface area contributed by atoms with Gasteiger partial charge in [0.1, 0.15) is 0 Å². The van der Waals surface area contributed by atoms with Crippen LogP contribution in [0.4, 0.5) is 0 Å². The van der Waals surface area contributed by atoms with E-state index >= 15 is 0 Å². The predicted molar refractivity (Wildman–Crippen MR) is 99.4 cm³/mol. The van der Waals surface area contributed by atoms with Gasteiger partial charge in [-0.1, -0.05) is 43.3 Å². The summed E-state index contributed by atoms with van der Waals surface area (Å²) in [6.45, 7) is 5.10. The molecule has 3 heterocycles. The molecule has 1 aliphatic rings. The van der Waals surface area contributed by atoms with Crippen molar-refractivity contribution in [2.75, 3.05) is 13.1 Å². The van der Waals surface area contributed by atoms with Crippen molar-refractivity contribution in [3.8, 4) is 0 Å². The third kappa shape index (κ3) is 3.65. The van der Waals surface area contributed by atoms with Crippen molar-refractivity contribution in [1.29, 1.82) is 0 Å². The van der Waals surface area contributed by atoms with Gasteiger partial charge in [-0.3, -0.25) is 9.88 Å². The van der Waals surface area contributed by atoms with Crippen LogP contribution in [0.15, 0.2) is 54.9 Å². The molecule has 0 radical (unpaired) electrons. The number of piperidine rings is 1. The maximum Gasteiger partial charge on any atom is 0.173 e. The molecule has 0 amide bonds. The summed E-state index contributed by atoms with van der Waals surface area (Å²) in [7, 11) is 0. The van der Waals surface area contributed by atoms with Crippen molar-refractivity contribution in [2.24, 2.45) is 5.92 Å². The third-order valence-corrected chi connectivity index (χ3v) is 5.03. The molecule has 134 valence electrons. The van der Waals surface area contributed by atoms with Gasteiger partial charge in [0, 0.05) is 18.9 Å². The van der Waals surface area contributed by atoms with Crippen molar-refractivity contribution in [3.05, 3.63) is 71.8 Å². The summed E-state index contributed by atoms with van der Waals surface area (Å²) >= 11 is 0. The SMILES string of the molecule is C[C@@H]1CCCN([C@H](c2cccnc2)c2nnnn2Cc2ccccc2)C1. The molecular weight excluding hydrogens is 324 g/mol. The van der Waals surface area contributed by atoms with Crippen LogP contribution in [-0.2, 0) is 6.54 Å². The lowest BCUT2D eigenvalue weighted by Crippen LogP contribution is -2.39. The molecule has 1 saturated heterocycles.